The molecule has 0 fully saturated rings. The van der Waals surface area contributed by atoms with Crippen molar-refractivity contribution in [3.8, 4) is 55.8 Å². The third-order valence-corrected chi connectivity index (χ3v) is 13.4. The molecule has 57 heavy (non-hydrogen) atoms. The van der Waals surface area contributed by atoms with Gasteiger partial charge in [0.2, 0.25) is 0 Å². The third kappa shape index (κ3) is 4.33. The molecule has 2 nitrogen and oxygen atoms in total. The van der Waals surface area contributed by atoms with Crippen molar-refractivity contribution in [1.29, 1.82) is 0 Å². The Kier molecular flexibility index (Phi) is 6.49. The van der Waals surface area contributed by atoms with Crippen molar-refractivity contribution in [1.82, 2.24) is 4.98 Å². The SMILES string of the molecule is CC1(C)c2ccccc2-c2ccc(N(c3ccc(-c4c5ccccc5c5c6c(cccc46)-c4cccnc4-5)cc3)c3ccc4c(c3)C(C)(C)c3ccccc3-4)cc21. The van der Waals surface area contributed by atoms with E-state index in [0.717, 1.165) is 22.8 Å². The largest absolute Gasteiger partial charge is 0.310 e. The van der Waals surface area contributed by atoms with Crippen LogP contribution >= 0.6 is 0 Å². The summed E-state index contributed by atoms with van der Waals surface area (Å²) in [4.78, 5) is 7.39. The summed E-state index contributed by atoms with van der Waals surface area (Å²) in [7, 11) is 0. The first kappa shape index (κ1) is 32.5. The number of nitrogens with zero attached hydrogens (tertiary/aromatic N) is 2. The van der Waals surface area contributed by atoms with Gasteiger partial charge in [0.05, 0.1) is 5.69 Å². The number of fused-ring (bicyclic) bond motifs is 11. The predicted molar refractivity (Wildman–Crippen MR) is 239 cm³/mol. The van der Waals surface area contributed by atoms with E-state index in [9.17, 15) is 0 Å². The molecular formula is C55H40N2. The summed E-state index contributed by atoms with van der Waals surface area (Å²) in [5, 5.41) is 5.07. The van der Waals surface area contributed by atoms with E-state index >= 15 is 0 Å². The molecule has 0 atom stereocenters. The van der Waals surface area contributed by atoms with Crippen LogP contribution in [0, 0.1) is 0 Å². The van der Waals surface area contributed by atoms with E-state index < -0.39 is 0 Å². The summed E-state index contributed by atoms with van der Waals surface area (Å²) in [6.07, 6.45) is 1.92. The second-order valence-electron chi connectivity index (χ2n) is 17.1. The first-order chi connectivity index (χ1) is 27.8. The van der Waals surface area contributed by atoms with Crippen molar-refractivity contribution in [2.24, 2.45) is 0 Å². The fourth-order valence-electron chi connectivity index (χ4n) is 10.7. The van der Waals surface area contributed by atoms with Crippen molar-refractivity contribution in [3.63, 3.8) is 0 Å². The van der Waals surface area contributed by atoms with Gasteiger partial charge in [-0.25, -0.2) is 0 Å². The normalized spacial score (nSPS) is 14.6. The van der Waals surface area contributed by atoms with Gasteiger partial charge in [-0.05, 0) is 120 Å². The monoisotopic (exact) mass is 728 g/mol. The first-order valence-corrected chi connectivity index (χ1v) is 20.1. The van der Waals surface area contributed by atoms with Gasteiger partial charge in [-0.15, -0.1) is 0 Å². The molecule has 270 valence electrons. The average Bonchev–Trinajstić information content (AvgIpc) is 3.79. The van der Waals surface area contributed by atoms with Gasteiger partial charge >= 0.3 is 0 Å². The van der Waals surface area contributed by atoms with E-state index in [1.165, 1.54) is 93.9 Å². The number of pyridine rings is 1. The number of hydrogen-bond acceptors (Lipinski definition) is 2. The first-order valence-electron chi connectivity index (χ1n) is 20.1. The lowest BCUT2D eigenvalue weighted by atomic mass is 9.82. The zero-order valence-corrected chi connectivity index (χ0v) is 32.6. The Morgan fingerprint density at radius 2 is 0.877 bits per heavy atom. The fourth-order valence-corrected chi connectivity index (χ4v) is 10.7. The van der Waals surface area contributed by atoms with Crippen LogP contribution in [0.1, 0.15) is 49.9 Å². The van der Waals surface area contributed by atoms with Crippen molar-refractivity contribution in [2.45, 2.75) is 38.5 Å². The Labute approximate surface area is 333 Å². The topological polar surface area (TPSA) is 16.1 Å². The molecule has 12 rings (SSSR count). The molecule has 2 heteroatoms. The van der Waals surface area contributed by atoms with E-state index in [2.05, 4.69) is 196 Å². The lowest BCUT2D eigenvalue weighted by molar-refractivity contribution is 0.660. The summed E-state index contributed by atoms with van der Waals surface area (Å²) >= 11 is 0. The van der Waals surface area contributed by atoms with Gasteiger partial charge in [0.25, 0.3) is 0 Å². The van der Waals surface area contributed by atoms with Crippen molar-refractivity contribution < 1.29 is 0 Å². The van der Waals surface area contributed by atoms with Crippen LogP contribution in [0.5, 0.6) is 0 Å². The van der Waals surface area contributed by atoms with Crippen LogP contribution in [0.4, 0.5) is 17.1 Å². The van der Waals surface area contributed by atoms with Gasteiger partial charge in [-0.3, -0.25) is 4.98 Å². The lowest BCUT2D eigenvalue weighted by Crippen LogP contribution is -2.18. The molecule has 0 spiro atoms. The second kappa shape index (κ2) is 11.4. The van der Waals surface area contributed by atoms with Crippen LogP contribution in [-0.2, 0) is 10.8 Å². The molecule has 3 aliphatic rings. The highest BCUT2D eigenvalue weighted by Gasteiger charge is 2.38. The minimum atomic E-state index is -0.106. The molecule has 0 amide bonds. The highest BCUT2D eigenvalue weighted by molar-refractivity contribution is 6.28. The quantitative estimate of drug-likeness (QED) is 0.168. The molecule has 8 aromatic carbocycles. The molecule has 0 bridgehead atoms. The van der Waals surface area contributed by atoms with Crippen LogP contribution in [0.25, 0.3) is 77.3 Å². The van der Waals surface area contributed by atoms with Crippen molar-refractivity contribution >= 4 is 38.6 Å². The number of hydrogen-bond donors (Lipinski definition) is 0. The Morgan fingerprint density at radius 3 is 1.51 bits per heavy atom. The van der Waals surface area contributed by atoms with Crippen LogP contribution < -0.4 is 4.90 Å². The third-order valence-electron chi connectivity index (χ3n) is 13.4. The predicted octanol–water partition coefficient (Wildman–Crippen LogP) is 14.8. The van der Waals surface area contributed by atoms with Gasteiger partial charge < -0.3 is 4.90 Å². The number of rotatable bonds is 4. The molecule has 0 saturated carbocycles. The van der Waals surface area contributed by atoms with Gasteiger partial charge in [0.15, 0.2) is 0 Å². The van der Waals surface area contributed by atoms with Gasteiger partial charge in [-0.1, -0.05) is 149 Å². The molecule has 0 radical (unpaired) electrons. The van der Waals surface area contributed by atoms with Crippen LogP contribution in [0.3, 0.4) is 0 Å². The highest BCUT2D eigenvalue weighted by atomic mass is 15.1. The van der Waals surface area contributed by atoms with E-state index in [1.54, 1.807) is 0 Å². The number of anilines is 3. The van der Waals surface area contributed by atoms with Crippen LogP contribution in [0.15, 0.2) is 170 Å². The zero-order valence-electron chi connectivity index (χ0n) is 32.6. The Morgan fingerprint density at radius 1 is 0.386 bits per heavy atom. The molecular weight excluding hydrogens is 689 g/mol. The van der Waals surface area contributed by atoms with E-state index in [1.807, 2.05) is 6.20 Å². The molecule has 0 unspecified atom stereocenters. The molecule has 0 N–H and O–H groups in total. The maximum absolute atomic E-state index is 4.92. The second-order valence-corrected chi connectivity index (χ2v) is 17.1. The molecule has 9 aromatic rings. The Bertz CT molecular complexity index is 3080. The highest BCUT2D eigenvalue weighted by Crippen LogP contribution is 2.55. The van der Waals surface area contributed by atoms with Gasteiger partial charge in [0.1, 0.15) is 0 Å². The fraction of sp³-hybridized carbons (Fsp3) is 0.109. The summed E-state index contributed by atoms with van der Waals surface area (Å²) in [5.74, 6) is 0. The van der Waals surface area contributed by atoms with Crippen LogP contribution in [-0.4, -0.2) is 4.98 Å². The molecule has 0 aliphatic heterocycles. The van der Waals surface area contributed by atoms with Crippen molar-refractivity contribution in [2.75, 3.05) is 4.90 Å². The smallest absolute Gasteiger partial charge is 0.0793 e. The standard InChI is InChI=1S/C55H40N2/c1-54(2)46-20-9-7-13-37(46)39-28-26-35(31-48(39)54)57(36-27-29-40-38-14-8-10-21-47(38)55(3,4)49(40)32-36)34-24-22-33(23-25-34)50-41-15-5-6-16-42(41)52-51-43(17-11-18-45(50)51)44-19-12-30-56-53(44)52/h5-32H,1-4H3. The van der Waals surface area contributed by atoms with Crippen LogP contribution in [0.2, 0.25) is 0 Å². The Balaban J connectivity index is 1.05. The summed E-state index contributed by atoms with van der Waals surface area (Å²) in [5.41, 5.74) is 21.4. The minimum absolute atomic E-state index is 0.106. The zero-order chi connectivity index (χ0) is 38.2. The average molecular weight is 729 g/mol. The van der Waals surface area contributed by atoms with E-state index in [4.69, 9.17) is 4.98 Å². The maximum Gasteiger partial charge on any atom is 0.0793 e. The summed E-state index contributed by atoms with van der Waals surface area (Å²) in [6, 6.07) is 61.3. The molecule has 0 saturated heterocycles. The van der Waals surface area contributed by atoms with E-state index in [-0.39, 0.29) is 10.8 Å². The minimum Gasteiger partial charge on any atom is -0.310 e. The molecule has 3 aliphatic carbocycles. The number of benzene rings is 8. The maximum atomic E-state index is 4.92. The molecule has 1 heterocycles. The number of aromatic nitrogens is 1. The van der Waals surface area contributed by atoms with E-state index in [0.29, 0.717) is 0 Å². The van der Waals surface area contributed by atoms with Gasteiger partial charge in [0, 0.05) is 50.6 Å². The summed E-state index contributed by atoms with van der Waals surface area (Å²) in [6.45, 7) is 9.47. The summed E-state index contributed by atoms with van der Waals surface area (Å²) < 4.78 is 0. The van der Waals surface area contributed by atoms with Crippen molar-refractivity contribution in [3.05, 3.63) is 192 Å². The molecule has 1 aromatic heterocycles. The lowest BCUT2D eigenvalue weighted by Gasteiger charge is -2.30. The Hall–Kier alpha value is -6.77. The van der Waals surface area contributed by atoms with Gasteiger partial charge in [-0.2, -0.15) is 0 Å².